The van der Waals surface area contributed by atoms with Crippen LogP contribution >= 0.6 is 11.6 Å². The van der Waals surface area contributed by atoms with Crippen molar-refractivity contribution in [2.45, 2.75) is 63.3 Å². The van der Waals surface area contributed by atoms with Crippen LogP contribution in [0.1, 0.15) is 74.5 Å². The van der Waals surface area contributed by atoms with Crippen LogP contribution < -0.4 is 5.32 Å². The Balaban J connectivity index is 0.000000226. The van der Waals surface area contributed by atoms with E-state index in [0.717, 1.165) is 42.2 Å². The third-order valence-electron chi connectivity index (χ3n) is 7.32. The Bertz CT molecular complexity index is 892. The molecule has 2 aliphatic carbocycles. The van der Waals surface area contributed by atoms with Gasteiger partial charge in [0, 0.05) is 17.6 Å². The van der Waals surface area contributed by atoms with Gasteiger partial charge in [0.25, 0.3) is 0 Å². The van der Waals surface area contributed by atoms with E-state index in [1.165, 1.54) is 37.3 Å². The van der Waals surface area contributed by atoms with Gasteiger partial charge in [-0.15, -0.1) is 0 Å². The number of hydrogen-bond acceptors (Lipinski definition) is 2. The highest BCUT2D eigenvalue weighted by molar-refractivity contribution is 6.30. The molecule has 0 bridgehead atoms. The molecular weight excluding hydrogens is 451 g/mol. The molecule has 186 valence electrons. The largest absolute Gasteiger partial charge is 0.465 e. The van der Waals surface area contributed by atoms with Gasteiger partial charge < -0.3 is 15.3 Å². The van der Waals surface area contributed by atoms with E-state index in [2.05, 4.69) is 22.3 Å². The van der Waals surface area contributed by atoms with Crippen molar-refractivity contribution < 1.29 is 14.3 Å². The quantitative estimate of drug-likeness (QED) is 0.442. The molecule has 0 heterocycles. The Morgan fingerprint density at radius 2 is 1.71 bits per heavy atom. The highest BCUT2D eigenvalue weighted by Gasteiger charge is 2.30. The highest BCUT2D eigenvalue weighted by Crippen LogP contribution is 2.39. The first kappa shape index (κ1) is 26.5. The predicted molar refractivity (Wildman–Crippen MR) is 137 cm³/mol. The summed E-state index contributed by atoms with van der Waals surface area (Å²) in [7, 11) is 4.07. The molecule has 6 heteroatoms. The molecule has 2 aliphatic rings. The maximum atomic E-state index is 13.5. The van der Waals surface area contributed by atoms with Crippen LogP contribution in [-0.2, 0) is 0 Å². The second-order valence-corrected chi connectivity index (χ2v) is 10.4. The van der Waals surface area contributed by atoms with Crippen LogP contribution in [0.2, 0.25) is 5.02 Å². The monoisotopic (exact) mass is 488 g/mol. The van der Waals surface area contributed by atoms with Gasteiger partial charge in [-0.25, -0.2) is 9.18 Å². The zero-order valence-electron chi connectivity index (χ0n) is 20.4. The summed E-state index contributed by atoms with van der Waals surface area (Å²) in [5.41, 5.74) is 2.49. The van der Waals surface area contributed by atoms with E-state index in [1.807, 2.05) is 32.3 Å². The van der Waals surface area contributed by atoms with E-state index < -0.39 is 6.09 Å². The average Bonchev–Trinajstić information content (AvgIpc) is 3.34. The molecule has 2 saturated carbocycles. The summed E-state index contributed by atoms with van der Waals surface area (Å²) in [6.45, 7) is 0.536. The third kappa shape index (κ3) is 7.99. The zero-order chi connectivity index (χ0) is 24.5. The lowest BCUT2D eigenvalue weighted by atomic mass is 9.76. The van der Waals surface area contributed by atoms with Crippen LogP contribution in [0.4, 0.5) is 9.18 Å². The number of benzene rings is 2. The van der Waals surface area contributed by atoms with Crippen molar-refractivity contribution in [1.29, 1.82) is 0 Å². The minimum Gasteiger partial charge on any atom is -0.465 e. The molecule has 2 aromatic carbocycles. The summed E-state index contributed by atoms with van der Waals surface area (Å²) in [4.78, 5) is 12.7. The number of carboxylic acid groups (broad SMARTS) is 1. The number of amides is 1. The first-order valence-electron chi connectivity index (χ1n) is 12.5. The Kier molecular flexibility index (Phi) is 10.2. The van der Waals surface area contributed by atoms with Crippen LogP contribution in [-0.4, -0.2) is 36.7 Å². The third-order valence-corrected chi connectivity index (χ3v) is 7.57. The Hall–Kier alpha value is -2.11. The first-order valence-corrected chi connectivity index (χ1v) is 12.9. The zero-order valence-corrected chi connectivity index (χ0v) is 21.1. The van der Waals surface area contributed by atoms with Crippen LogP contribution in [0.15, 0.2) is 48.5 Å². The van der Waals surface area contributed by atoms with Gasteiger partial charge in [-0.05, 0) is 106 Å². The van der Waals surface area contributed by atoms with E-state index in [-0.39, 0.29) is 11.9 Å². The molecule has 1 atom stereocenters. The molecule has 4 rings (SSSR count). The van der Waals surface area contributed by atoms with Crippen LogP contribution in [0.5, 0.6) is 0 Å². The Morgan fingerprint density at radius 3 is 2.26 bits per heavy atom. The molecule has 1 unspecified atom stereocenters. The number of nitrogens with one attached hydrogen (secondary N) is 1. The van der Waals surface area contributed by atoms with Crippen LogP contribution in [0.3, 0.4) is 0 Å². The van der Waals surface area contributed by atoms with Crippen molar-refractivity contribution in [2.75, 3.05) is 20.6 Å². The van der Waals surface area contributed by atoms with Gasteiger partial charge in [-0.3, -0.25) is 0 Å². The molecule has 0 aromatic heterocycles. The molecule has 1 amide bonds. The van der Waals surface area contributed by atoms with Gasteiger partial charge >= 0.3 is 6.09 Å². The summed E-state index contributed by atoms with van der Waals surface area (Å²) in [5.74, 6) is 1.52. The lowest BCUT2D eigenvalue weighted by molar-refractivity contribution is 0.146. The van der Waals surface area contributed by atoms with Gasteiger partial charge in [0.15, 0.2) is 0 Å². The topological polar surface area (TPSA) is 52.6 Å². The molecule has 0 radical (unpaired) electrons. The second kappa shape index (κ2) is 13.1. The summed E-state index contributed by atoms with van der Waals surface area (Å²) in [6.07, 6.45) is 8.70. The Morgan fingerprint density at radius 1 is 1.06 bits per heavy atom. The van der Waals surface area contributed by atoms with Crippen molar-refractivity contribution in [3.63, 3.8) is 0 Å². The SMILES string of the molecule is CN(C)C(c1cccc(F)c1)C1CCC(CNC(=O)O)CC1.Clc1ccc(C2CCCC2)cc1. The fourth-order valence-corrected chi connectivity index (χ4v) is 5.74. The van der Waals surface area contributed by atoms with Gasteiger partial charge in [0.05, 0.1) is 0 Å². The number of nitrogens with zero attached hydrogens (tertiary/aromatic N) is 1. The van der Waals surface area contributed by atoms with Crippen molar-refractivity contribution in [3.05, 3.63) is 70.5 Å². The maximum Gasteiger partial charge on any atom is 0.404 e. The van der Waals surface area contributed by atoms with E-state index in [1.54, 1.807) is 12.1 Å². The minimum absolute atomic E-state index is 0.191. The summed E-state index contributed by atoms with van der Waals surface area (Å²) >= 11 is 5.82. The lowest BCUT2D eigenvalue weighted by Crippen LogP contribution is -2.34. The summed E-state index contributed by atoms with van der Waals surface area (Å²) in [5, 5.41) is 12.0. The molecule has 0 aliphatic heterocycles. The van der Waals surface area contributed by atoms with Crippen LogP contribution in [0.25, 0.3) is 0 Å². The molecule has 2 aromatic rings. The first-order chi connectivity index (χ1) is 16.3. The minimum atomic E-state index is -0.951. The maximum absolute atomic E-state index is 13.5. The van der Waals surface area contributed by atoms with Gasteiger partial charge in [0.1, 0.15) is 5.82 Å². The van der Waals surface area contributed by atoms with Crippen molar-refractivity contribution in [1.82, 2.24) is 10.2 Å². The average molecular weight is 489 g/mol. The van der Waals surface area contributed by atoms with Gasteiger partial charge in [-0.1, -0.05) is 48.7 Å². The van der Waals surface area contributed by atoms with Crippen molar-refractivity contribution in [2.24, 2.45) is 11.8 Å². The fraction of sp³-hybridized carbons (Fsp3) is 0.536. The molecule has 2 fully saturated rings. The van der Waals surface area contributed by atoms with E-state index in [4.69, 9.17) is 16.7 Å². The lowest BCUT2D eigenvalue weighted by Gasteiger charge is -2.37. The normalized spacial score (nSPS) is 21.6. The number of halogens is 2. The summed E-state index contributed by atoms with van der Waals surface area (Å²) < 4.78 is 13.5. The number of carbonyl (C=O) groups is 1. The Labute approximate surface area is 208 Å². The molecule has 0 spiro atoms. The van der Waals surface area contributed by atoms with E-state index in [0.29, 0.717) is 18.4 Å². The molecule has 4 nitrogen and oxygen atoms in total. The van der Waals surface area contributed by atoms with Crippen molar-refractivity contribution in [3.8, 4) is 0 Å². The molecule has 34 heavy (non-hydrogen) atoms. The molecule has 0 saturated heterocycles. The molecule has 2 N–H and O–H groups in total. The van der Waals surface area contributed by atoms with Crippen molar-refractivity contribution >= 4 is 17.7 Å². The number of rotatable bonds is 6. The summed E-state index contributed by atoms with van der Waals surface area (Å²) in [6, 6.07) is 15.4. The van der Waals surface area contributed by atoms with E-state index in [9.17, 15) is 9.18 Å². The van der Waals surface area contributed by atoms with Crippen LogP contribution in [0, 0.1) is 17.7 Å². The second-order valence-electron chi connectivity index (χ2n) is 9.96. The van der Waals surface area contributed by atoms with Gasteiger partial charge in [0.2, 0.25) is 0 Å². The number of hydrogen-bond donors (Lipinski definition) is 2. The van der Waals surface area contributed by atoms with Gasteiger partial charge in [-0.2, -0.15) is 0 Å². The highest BCUT2D eigenvalue weighted by atomic mass is 35.5. The van der Waals surface area contributed by atoms with E-state index >= 15 is 0 Å². The standard InChI is InChI=1S/C17H25FN2O2.C11H13Cl/c1-20(2)16(14-4-3-5-15(18)10-14)13-8-6-12(7-9-13)11-19-17(21)22;12-11-7-5-10(6-8-11)9-3-1-2-4-9/h3-5,10,12-13,16,19H,6-9,11H2,1-2H3,(H,21,22);5-9H,1-4H2. The predicted octanol–water partition coefficient (Wildman–Crippen LogP) is 7.50. The smallest absolute Gasteiger partial charge is 0.404 e. The fourth-order valence-electron chi connectivity index (χ4n) is 5.62. The molecular formula is C28H38ClFN2O2.